The zero-order chi connectivity index (χ0) is 26.9. The number of hydrogen-bond acceptors (Lipinski definition) is 4. The van der Waals surface area contributed by atoms with Gasteiger partial charge in [-0.15, -0.1) is 0 Å². The Morgan fingerprint density at radius 1 is 1.11 bits per heavy atom. The van der Waals surface area contributed by atoms with Crippen molar-refractivity contribution in [2.75, 3.05) is 17.2 Å². The monoisotopic (exact) mass is 535 g/mol. The highest BCUT2D eigenvalue weighted by molar-refractivity contribution is 6.31. The summed E-state index contributed by atoms with van der Waals surface area (Å²) in [5.74, 6) is -1.28. The quantitative estimate of drug-likeness (QED) is 0.416. The first kappa shape index (κ1) is 26.0. The lowest BCUT2D eigenvalue weighted by Crippen LogP contribution is -2.45. The highest BCUT2D eigenvalue weighted by atomic mass is 35.5. The van der Waals surface area contributed by atoms with Crippen molar-refractivity contribution in [3.63, 3.8) is 0 Å². The van der Waals surface area contributed by atoms with E-state index in [1.54, 1.807) is 31.3 Å². The van der Waals surface area contributed by atoms with Crippen molar-refractivity contribution >= 4 is 41.0 Å². The van der Waals surface area contributed by atoms with Crippen molar-refractivity contribution < 1.29 is 32.7 Å². The number of urea groups is 1. The van der Waals surface area contributed by atoms with Gasteiger partial charge in [0.2, 0.25) is 5.91 Å². The van der Waals surface area contributed by atoms with Crippen LogP contribution >= 0.6 is 11.6 Å². The first-order valence-corrected chi connectivity index (χ1v) is 11.5. The third kappa shape index (κ3) is 5.69. The molecule has 0 saturated carbocycles. The SMILES string of the molecule is Cc1cc(-n2ccc(NC(=O)[C@@H]3CCCN3C(=O)Nc3ccc(C(F)(F)F)c(Cl)c3)n2)ccc1C(=O)O. The molecule has 0 spiro atoms. The molecule has 3 N–H and O–H groups in total. The number of aromatic nitrogens is 2. The van der Waals surface area contributed by atoms with Crippen molar-refractivity contribution in [1.29, 1.82) is 0 Å². The summed E-state index contributed by atoms with van der Waals surface area (Å²) < 4.78 is 40.2. The topological polar surface area (TPSA) is 117 Å². The van der Waals surface area contributed by atoms with Gasteiger partial charge in [-0.1, -0.05) is 11.6 Å². The van der Waals surface area contributed by atoms with Crippen molar-refractivity contribution in [1.82, 2.24) is 14.7 Å². The molecule has 2 heterocycles. The van der Waals surface area contributed by atoms with Gasteiger partial charge in [-0.05, 0) is 61.7 Å². The minimum absolute atomic E-state index is 0.0667. The number of alkyl halides is 3. The first-order valence-electron chi connectivity index (χ1n) is 11.1. The Balaban J connectivity index is 1.42. The van der Waals surface area contributed by atoms with Gasteiger partial charge in [-0.3, -0.25) is 4.79 Å². The van der Waals surface area contributed by atoms with E-state index >= 15 is 0 Å². The molecule has 0 unspecified atom stereocenters. The molecule has 2 aromatic carbocycles. The van der Waals surface area contributed by atoms with Gasteiger partial charge < -0.3 is 20.6 Å². The molecule has 1 aliphatic rings. The summed E-state index contributed by atoms with van der Waals surface area (Å²) >= 11 is 5.72. The molecule has 1 fully saturated rings. The predicted molar refractivity (Wildman–Crippen MR) is 129 cm³/mol. The van der Waals surface area contributed by atoms with Gasteiger partial charge in [-0.2, -0.15) is 18.3 Å². The summed E-state index contributed by atoms with van der Waals surface area (Å²) in [6.07, 6.45) is -2.07. The Kier molecular flexibility index (Phi) is 7.12. The molecule has 0 bridgehead atoms. The molecule has 37 heavy (non-hydrogen) atoms. The van der Waals surface area contributed by atoms with Crippen LogP contribution in [-0.2, 0) is 11.0 Å². The number of aromatic carboxylic acids is 1. The van der Waals surface area contributed by atoms with E-state index in [0.29, 0.717) is 24.1 Å². The van der Waals surface area contributed by atoms with Crippen LogP contribution < -0.4 is 10.6 Å². The molecule has 0 aliphatic carbocycles. The standard InChI is InChI=1S/C24H21ClF3N5O4/c1-13-11-15(5-6-16(13)22(35)36)33-10-8-20(31-33)30-21(34)19-3-2-9-32(19)23(37)29-14-4-7-17(18(25)12-14)24(26,27)28/h4-8,10-12,19H,2-3,9H2,1H3,(H,29,37)(H,35,36)(H,30,31,34)/t19-/m0/s1. The van der Waals surface area contributed by atoms with Crippen LogP contribution in [-0.4, -0.2) is 50.3 Å². The minimum Gasteiger partial charge on any atom is -0.478 e. The smallest absolute Gasteiger partial charge is 0.417 e. The molecule has 1 saturated heterocycles. The molecule has 4 rings (SSSR count). The van der Waals surface area contributed by atoms with Gasteiger partial charge in [0, 0.05) is 24.5 Å². The van der Waals surface area contributed by atoms with Gasteiger partial charge in [-0.25, -0.2) is 14.3 Å². The van der Waals surface area contributed by atoms with Crippen LogP contribution in [0.15, 0.2) is 48.7 Å². The van der Waals surface area contributed by atoms with Gasteiger partial charge in [0.15, 0.2) is 5.82 Å². The molecular weight excluding hydrogens is 515 g/mol. The Hall–Kier alpha value is -4.06. The molecule has 3 amide bonds. The van der Waals surface area contributed by atoms with Crippen molar-refractivity contribution in [2.24, 2.45) is 0 Å². The van der Waals surface area contributed by atoms with E-state index in [4.69, 9.17) is 11.6 Å². The van der Waals surface area contributed by atoms with Crippen LogP contribution in [0.2, 0.25) is 5.02 Å². The summed E-state index contributed by atoms with van der Waals surface area (Å²) in [7, 11) is 0. The molecule has 3 aromatic rings. The summed E-state index contributed by atoms with van der Waals surface area (Å²) in [6.45, 7) is 1.94. The van der Waals surface area contributed by atoms with E-state index in [1.807, 2.05) is 0 Å². The number of anilines is 2. The Morgan fingerprint density at radius 3 is 2.51 bits per heavy atom. The van der Waals surface area contributed by atoms with E-state index in [0.717, 1.165) is 18.2 Å². The number of aryl methyl sites for hydroxylation is 1. The second-order valence-electron chi connectivity index (χ2n) is 8.41. The van der Waals surface area contributed by atoms with E-state index in [9.17, 15) is 32.7 Å². The number of likely N-dealkylation sites (tertiary alicyclic amines) is 1. The average Bonchev–Trinajstić information content (AvgIpc) is 3.48. The summed E-state index contributed by atoms with van der Waals surface area (Å²) in [5.41, 5.74) is 0.366. The normalized spacial score (nSPS) is 15.5. The third-order valence-corrected chi connectivity index (χ3v) is 6.20. The lowest BCUT2D eigenvalue weighted by atomic mass is 10.1. The number of amides is 3. The fourth-order valence-electron chi connectivity index (χ4n) is 4.07. The number of hydrogen-bond donors (Lipinski definition) is 3. The molecule has 1 aliphatic heterocycles. The largest absolute Gasteiger partial charge is 0.478 e. The van der Waals surface area contributed by atoms with Crippen molar-refractivity contribution in [3.05, 3.63) is 70.4 Å². The third-order valence-electron chi connectivity index (χ3n) is 5.89. The van der Waals surface area contributed by atoms with E-state index < -0.39 is 40.7 Å². The van der Waals surface area contributed by atoms with Gasteiger partial charge in [0.05, 0.1) is 21.8 Å². The van der Waals surface area contributed by atoms with Gasteiger partial charge >= 0.3 is 18.2 Å². The highest BCUT2D eigenvalue weighted by Crippen LogP contribution is 2.36. The number of carboxylic acid groups (broad SMARTS) is 1. The van der Waals surface area contributed by atoms with Crippen LogP contribution in [0.25, 0.3) is 5.69 Å². The average molecular weight is 536 g/mol. The fraction of sp³-hybridized carbons (Fsp3) is 0.250. The number of nitrogens with one attached hydrogen (secondary N) is 2. The maximum absolute atomic E-state index is 12.9. The molecule has 194 valence electrons. The van der Waals surface area contributed by atoms with E-state index in [1.165, 1.54) is 15.6 Å². The molecule has 9 nitrogen and oxygen atoms in total. The first-order chi connectivity index (χ1) is 17.4. The number of carboxylic acids is 1. The second-order valence-corrected chi connectivity index (χ2v) is 8.82. The minimum atomic E-state index is -4.62. The number of benzene rings is 2. The van der Waals surface area contributed by atoms with Crippen LogP contribution in [0, 0.1) is 6.92 Å². The Bertz CT molecular complexity index is 1370. The zero-order valence-electron chi connectivity index (χ0n) is 19.3. The maximum Gasteiger partial charge on any atom is 0.417 e. The number of nitrogens with zero attached hydrogens (tertiary/aromatic N) is 3. The lowest BCUT2D eigenvalue weighted by molar-refractivity contribution is -0.137. The molecule has 0 radical (unpaired) electrons. The summed E-state index contributed by atoms with van der Waals surface area (Å²) in [4.78, 5) is 38.2. The second kappa shape index (κ2) is 10.1. The fourth-order valence-corrected chi connectivity index (χ4v) is 4.36. The van der Waals surface area contributed by atoms with E-state index in [-0.39, 0.29) is 23.6 Å². The van der Waals surface area contributed by atoms with Crippen LogP contribution in [0.4, 0.5) is 29.5 Å². The number of carbonyl (C=O) groups is 3. The number of carbonyl (C=O) groups excluding carboxylic acids is 2. The Labute approximate surface area is 213 Å². The van der Waals surface area contributed by atoms with Crippen LogP contribution in [0.5, 0.6) is 0 Å². The maximum atomic E-state index is 12.9. The number of halogens is 4. The summed E-state index contributed by atoms with van der Waals surface area (Å²) in [5, 5.41) is 18.1. The predicted octanol–water partition coefficient (Wildman–Crippen LogP) is 5.19. The van der Waals surface area contributed by atoms with Crippen LogP contribution in [0.1, 0.15) is 34.3 Å². The van der Waals surface area contributed by atoms with Crippen molar-refractivity contribution in [3.8, 4) is 5.69 Å². The number of rotatable bonds is 5. The molecule has 1 atom stereocenters. The zero-order valence-corrected chi connectivity index (χ0v) is 20.1. The van der Waals surface area contributed by atoms with Crippen molar-refractivity contribution in [2.45, 2.75) is 32.0 Å². The highest BCUT2D eigenvalue weighted by Gasteiger charge is 2.35. The Morgan fingerprint density at radius 2 is 1.86 bits per heavy atom. The molecule has 1 aromatic heterocycles. The molecular formula is C24H21ClF3N5O4. The molecule has 13 heteroatoms. The van der Waals surface area contributed by atoms with E-state index in [2.05, 4.69) is 15.7 Å². The lowest BCUT2D eigenvalue weighted by Gasteiger charge is -2.24. The van der Waals surface area contributed by atoms with Gasteiger partial charge in [0.25, 0.3) is 0 Å². The van der Waals surface area contributed by atoms with Gasteiger partial charge in [0.1, 0.15) is 6.04 Å². The summed E-state index contributed by atoms with van der Waals surface area (Å²) in [6, 6.07) is 7.68. The van der Waals surface area contributed by atoms with Crippen LogP contribution in [0.3, 0.4) is 0 Å².